The number of aliphatic carboxylic acids is 1. The van der Waals surface area contributed by atoms with E-state index in [1.165, 1.54) is 96.3 Å². The van der Waals surface area contributed by atoms with Crippen molar-refractivity contribution >= 4 is 17.8 Å². The van der Waals surface area contributed by atoms with Crippen LogP contribution in [0.2, 0.25) is 0 Å². The number of ether oxygens (including phenoxy) is 10. The number of carboxylic acids is 1. The van der Waals surface area contributed by atoms with Crippen LogP contribution in [-0.2, 0) is 61.8 Å². The summed E-state index contributed by atoms with van der Waals surface area (Å²) < 4.78 is 58.3. The van der Waals surface area contributed by atoms with E-state index in [-0.39, 0.29) is 12.3 Å². The maximum Gasteiger partial charge on any atom is 0.364 e. The molecule has 0 aromatic rings. The number of aliphatic hydroxyl groups excluding tert-OH is 17. The van der Waals surface area contributed by atoms with Gasteiger partial charge in [0.05, 0.1) is 57.9 Å². The lowest BCUT2D eigenvalue weighted by Gasteiger charge is -2.51. The first-order valence-corrected chi connectivity index (χ1v) is 37.1. The molecule has 0 aliphatic carbocycles. The van der Waals surface area contributed by atoms with Gasteiger partial charge in [-0.1, -0.05) is 167 Å². The van der Waals surface area contributed by atoms with Crippen molar-refractivity contribution in [3.8, 4) is 0 Å². The van der Waals surface area contributed by atoms with Crippen LogP contribution in [0.4, 0.5) is 0 Å². The third-order valence-corrected chi connectivity index (χ3v) is 19.7. The summed E-state index contributed by atoms with van der Waals surface area (Å²) in [5.74, 6) is -6.53. The first-order valence-electron chi connectivity index (χ1n) is 37.1. The zero-order valence-corrected chi connectivity index (χ0v) is 59.4. The number of rotatable bonds is 49. The minimum atomic E-state index is -3.21. The number of carbonyl (C=O) groups excluding carboxylic acids is 2. The van der Waals surface area contributed by atoms with Gasteiger partial charge in [0.2, 0.25) is 11.8 Å². The van der Waals surface area contributed by atoms with Crippen LogP contribution in [0.25, 0.3) is 0 Å². The van der Waals surface area contributed by atoms with Crippen LogP contribution in [0.3, 0.4) is 0 Å². The molecule has 0 aromatic heterocycles. The Morgan fingerprint density at radius 2 is 0.941 bits per heavy atom. The average molecular weight is 1480 g/mol. The third-order valence-electron chi connectivity index (χ3n) is 19.7. The molecular formula is C69H124N2O31. The normalized spacial score (nSPS) is 35.8. The molecule has 5 saturated heterocycles. The second-order valence-corrected chi connectivity index (χ2v) is 27.8. The minimum Gasteiger partial charge on any atom is -0.477 e. The van der Waals surface area contributed by atoms with E-state index in [0.717, 1.165) is 58.3 Å². The number of carbonyl (C=O) groups is 3. The van der Waals surface area contributed by atoms with E-state index in [1.807, 2.05) is 6.08 Å². The Kier molecular flexibility index (Phi) is 41.4. The molecule has 5 rings (SSSR count). The molecule has 5 fully saturated rings. The van der Waals surface area contributed by atoms with Gasteiger partial charge in [-0.2, -0.15) is 0 Å². The van der Waals surface area contributed by atoms with Crippen LogP contribution in [0, 0.1) is 0 Å². The lowest BCUT2D eigenvalue weighted by molar-refractivity contribution is -0.391. The number of hydrogen-bond acceptors (Lipinski definition) is 30. The Labute approximate surface area is 597 Å². The van der Waals surface area contributed by atoms with Crippen LogP contribution >= 0.6 is 0 Å². The topological polar surface area (TPSA) is 532 Å². The Morgan fingerprint density at radius 1 is 0.510 bits per heavy atom. The summed E-state index contributed by atoms with van der Waals surface area (Å²) in [5, 5.41) is 202. The SMILES string of the molecule is CCCCCCCCCCCCC/C=C/[C@@H](O)[C@H](CO[C@@H]1OC(CO)[C@@H](O[C@@H]2OC(CO)[C@H](O[C@@H]3OC(CO)[C@H](O)[C@H](O[C@@H]4OC(CO)[C@H](O)[C@H](O[C@]5(C(=O)O)CC(O)[C@@H](O)C([C@H](O)[C@H](O)CO)O5)C4O)C3NC(C)=O)[C@H](O)C2O)[C@H](O)C1O)NC(=O)CCCCCCCCCCCCCCC. The van der Waals surface area contributed by atoms with Crippen molar-refractivity contribution in [1.82, 2.24) is 10.6 Å². The van der Waals surface area contributed by atoms with E-state index in [2.05, 4.69) is 24.5 Å². The maximum atomic E-state index is 13.4. The summed E-state index contributed by atoms with van der Waals surface area (Å²) in [6.45, 7) is -0.351. The van der Waals surface area contributed by atoms with E-state index < -0.39 is 229 Å². The van der Waals surface area contributed by atoms with Crippen LogP contribution in [0.15, 0.2) is 12.2 Å². The second-order valence-electron chi connectivity index (χ2n) is 27.8. The number of hydrogen-bond donors (Lipinski definition) is 20. The van der Waals surface area contributed by atoms with E-state index in [9.17, 15) is 106 Å². The minimum absolute atomic E-state index is 0.179. The van der Waals surface area contributed by atoms with Crippen molar-refractivity contribution < 1.29 is 154 Å². The van der Waals surface area contributed by atoms with Crippen LogP contribution < -0.4 is 10.6 Å². The molecule has 33 heteroatoms. The summed E-state index contributed by atoms with van der Waals surface area (Å²) >= 11 is 0. The molecule has 5 heterocycles. The Morgan fingerprint density at radius 3 is 1.43 bits per heavy atom. The Balaban J connectivity index is 1.25. The first-order chi connectivity index (χ1) is 48.9. The van der Waals surface area contributed by atoms with Gasteiger partial charge in [0.1, 0.15) is 122 Å². The van der Waals surface area contributed by atoms with Crippen LogP contribution in [-0.4, -0.2) is 321 Å². The highest BCUT2D eigenvalue weighted by Gasteiger charge is 2.61. The van der Waals surface area contributed by atoms with Gasteiger partial charge < -0.3 is 150 Å². The molecule has 0 bridgehead atoms. The second kappa shape index (κ2) is 47.1. The molecule has 0 radical (unpaired) electrons. The van der Waals surface area contributed by atoms with Crippen LogP contribution in [0.5, 0.6) is 0 Å². The number of aliphatic hydroxyl groups is 17. The molecule has 596 valence electrons. The zero-order chi connectivity index (χ0) is 75.1. The highest BCUT2D eigenvalue weighted by atomic mass is 16.8. The van der Waals surface area contributed by atoms with Gasteiger partial charge >= 0.3 is 5.97 Å². The molecule has 10 unspecified atom stereocenters. The van der Waals surface area contributed by atoms with Gasteiger partial charge in [0.15, 0.2) is 25.2 Å². The quantitative estimate of drug-likeness (QED) is 0.0232. The average Bonchev–Trinajstić information content (AvgIpc) is 0.757. The molecule has 20 N–H and O–H groups in total. The number of unbranched alkanes of at least 4 members (excludes halogenated alkanes) is 23. The van der Waals surface area contributed by atoms with Gasteiger partial charge in [-0.3, -0.25) is 9.59 Å². The summed E-state index contributed by atoms with van der Waals surface area (Å²) in [5.41, 5.74) is 0. The monoisotopic (exact) mass is 1480 g/mol. The summed E-state index contributed by atoms with van der Waals surface area (Å²) in [4.78, 5) is 39.3. The van der Waals surface area contributed by atoms with Gasteiger partial charge in [-0.15, -0.1) is 0 Å². The number of amides is 2. The lowest BCUT2D eigenvalue weighted by atomic mass is 9.90. The largest absolute Gasteiger partial charge is 0.477 e. The van der Waals surface area contributed by atoms with Crippen molar-refractivity contribution in [3.63, 3.8) is 0 Å². The van der Waals surface area contributed by atoms with E-state index in [0.29, 0.717) is 12.8 Å². The smallest absolute Gasteiger partial charge is 0.364 e. The predicted octanol–water partition coefficient (Wildman–Crippen LogP) is -1.97. The fourth-order valence-electron chi connectivity index (χ4n) is 13.5. The molecule has 5 aliphatic heterocycles. The predicted molar refractivity (Wildman–Crippen MR) is 358 cm³/mol. The number of allylic oxidation sites excluding steroid dienone is 1. The van der Waals surface area contributed by atoms with Crippen molar-refractivity contribution in [2.24, 2.45) is 0 Å². The standard InChI is InChI=1S/C69H124N2O31/c1-4-6-8-10-12-14-16-18-20-22-24-26-28-30-41(78)40(71-48(81)31-29-27-25-23-21-19-17-15-13-11-9-7-5-2)38-93-65-56(88)54(86)60(46(36-75)96-65)99-66-57(89)55(87)59(47(37-76)97-66)98-64-49(70-39(3)77)61(52(84)44(34-73)94-64)100-67-58(90)63(53(85)45(35-74)95-67)102-69(68(91)92)32-42(79)50(82)62(101-69)51(83)43(80)33-72/h28,30,40-47,49-67,72-76,78-80,82-90H,4-27,29,31-38H2,1-3H3,(H,70,77)(H,71,81)(H,91,92)/b30-28+/t40-,41+,42?,43+,44?,45?,46?,47?,49?,50+,51+,52-,53-,54+,55+,56?,57?,58?,59-,60+,61+,62?,63-,64-,65+,66-,67-,69-/m0/s1. The molecule has 28 atom stereocenters. The van der Waals surface area contributed by atoms with E-state index >= 15 is 0 Å². The van der Waals surface area contributed by atoms with Crippen LogP contribution in [0.1, 0.15) is 194 Å². The van der Waals surface area contributed by atoms with Crippen molar-refractivity contribution in [2.45, 2.75) is 365 Å². The first kappa shape index (κ1) is 89.7. The molecule has 5 aliphatic rings. The Bertz CT molecular complexity index is 2340. The van der Waals surface area contributed by atoms with Gasteiger partial charge in [-0.05, 0) is 19.3 Å². The van der Waals surface area contributed by atoms with Gasteiger partial charge in [-0.25, -0.2) is 4.79 Å². The molecule has 0 aromatic carbocycles. The fraction of sp³-hybridized carbons (Fsp3) is 0.928. The van der Waals surface area contributed by atoms with Gasteiger partial charge in [0.25, 0.3) is 5.79 Å². The number of nitrogens with one attached hydrogen (secondary N) is 2. The fourth-order valence-corrected chi connectivity index (χ4v) is 13.5. The highest BCUT2D eigenvalue weighted by Crippen LogP contribution is 2.40. The zero-order valence-electron chi connectivity index (χ0n) is 59.4. The number of carboxylic acid groups (broad SMARTS) is 1. The molecule has 33 nitrogen and oxygen atoms in total. The molecule has 102 heavy (non-hydrogen) atoms. The molecular weight excluding hydrogens is 1350 g/mol. The molecule has 0 saturated carbocycles. The van der Waals surface area contributed by atoms with Crippen molar-refractivity contribution in [2.75, 3.05) is 39.6 Å². The Hall–Kier alpha value is -2.93. The van der Waals surface area contributed by atoms with Gasteiger partial charge in [0, 0.05) is 19.8 Å². The maximum absolute atomic E-state index is 13.4. The molecule has 0 spiro atoms. The summed E-state index contributed by atoms with van der Waals surface area (Å²) in [7, 11) is 0. The van der Waals surface area contributed by atoms with Crippen molar-refractivity contribution in [1.29, 1.82) is 0 Å². The summed E-state index contributed by atoms with van der Waals surface area (Å²) in [6, 6.07) is -2.91. The highest BCUT2D eigenvalue weighted by molar-refractivity contribution is 5.76. The van der Waals surface area contributed by atoms with Crippen molar-refractivity contribution in [3.05, 3.63) is 12.2 Å². The van der Waals surface area contributed by atoms with E-state index in [1.54, 1.807) is 6.08 Å². The third kappa shape index (κ3) is 26.7. The van der Waals surface area contributed by atoms with E-state index in [4.69, 9.17) is 47.4 Å². The summed E-state index contributed by atoms with van der Waals surface area (Å²) in [6.07, 6.45) is -19.5. The molecule has 2 amide bonds. The lowest BCUT2D eigenvalue weighted by Crippen LogP contribution is -2.71.